The summed E-state index contributed by atoms with van der Waals surface area (Å²) < 4.78 is 5.06. The lowest BCUT2D eigenvalue weighted by molar-refractivity contribution is -0.384. The smallest absolute Gasteiger partial charge is 0.296 e. The first-order valence-electron chi connectivity index (χ1n) is 5.76. The van der Waals surface area contributed by atoms with Gasteiger partial charge in [-0.05, 0) is 6.07 Å². The highest BCUT2D eigenvalue weighted by Crippen LogP contribution is 2.35. The van der Waals surface area contributed by atoms with Crippen LogP contribution in [0.5, 0.6) is 5.75 Å². The molecule has 1 amide bonds. The molecule has 0 unspecified atom stereocenters. The van der Waals surface area contributed by atoms with E-state index in [4.69, 9.17) is 16.2 Å². The van der Waals surface area contributed by atoms with E-state index in [0.29, 0.717) is 13.1 Å². The van der Waals surface area contributed by atoms with Crippen molar-refractivity contribution >= 4 is 17.3 Å². The first-order chi connectivity index (χ1) is 9.51. The largest absolute Gasteiger partial charge is 0.494 e. The standard InChI is InChI=1S/C12H16N4O4/c1-20-10-7-8(12(14)17)6-9(16(18)19)11(10)15-5-3-2-4-13/h2-3,6-7,15H,4-5,13H2,1H3,(H2,14,17)/b3-2+. The van der Waals surface area contributed by atoms with Crippen molar-refractivity contribution in [2.75, 3.05) is 25.5 Å². The molecule has 0 aliphatic rings. The lowest BCUT2D eigenvalue weighted by Crippen LogP contribution is -2.13. The number of nitro benzene ring substituents is 1. The number of hydrogen-bond donors (Lipinski definition) is 3. The number of benzene rings is 1. The normalized spacial score (nSPS) is 10.5. The summed E-state index contributed by atoms with van der Waals surface area (Å²) in [6.07, 6.45) is 3.44. The molecule has 20 heavy (non-hydrogen) atoms. The van der Waals surface area contributed by atoms with Crippen molar-refractivity contribution in [3.8, 4) is 5.75 Å². The van der Waals surface area contributed by atoms with Crippen LogP contribution in [0.25, 0.3) is 0 Å². The van der Waals surface area contributed by atoms with Crippen LogP contribution in [0.2, 0.25) is 0 Å². The zero-order valence-electron chi connectivity index (χ0n) is 11.0. The maximum Gasteiger partial charge on any atom is 0.296 e. The van der Waals surface area contributed by atoms with Crippen molar-refractivity contribution in [3.05, 3.63) is 40.0 Å². The molecule has 0 aliphatic carbocycles. The number of ether oxygens (including phenoxy) is 1. The summed E-state index contributed by atoms with van der Waals surface area (Å²) in [6, 6.07) is 2.46. The van der Waals surface area contributed by atoms with Gasteiger partial charge in [0.1, 0.15) is 5.75 Å². The second-order valence-electron chi connectivity index (χ2n) is 3.78. The summed E-state index contributed by atoms with van der Waals surface area (Å²) >= 11 is 0. The van der Waals surface area contributed by atoms with Crippen molar-refractivity contribution < 1.29 is 14.5 Å². The molecule has 8 heteroatoms. The van der Waals surface area contributed by atoms with Crippen LogP contribution in [0.4, 0.5) is 11.4 Å². The van der Waals surface area contributed by atoms with Gasteiger partial charge >= 0.3 is 0 Å². The summed E-state index contributed by atoms with van der Waals surface area (Å²) in [6.45, 7) is 0.714. The molecule has 8 nitrogen and oxygen atoms in total. The van der Waals surface area contributed by atoms with Gasteiger partial charge in [0, 0.05) is 24.7 Å². The van der Waals surface area contributed by atoms with E-state index in [1.807, 2.05) is 0 Å². The Morgan fingerprint density at radius 3 is 2.70 bits per heavy atom. The molecule has 1 rings (SSSR count). The molecule has 1 aromatic rings. The Labute approximate surface area is 115 Å². The number of carbonyl (C=O) groups is 1. The van der Waals surface area contributed by atoms with Gasteiger partial charge in [0.05, 0.1) is 12.0 Å². The molecular weight excluding hydrogens is 264 g/mol. The third-order valence-corrected chi connectivity index (χ3v) is 2.48. The van der Waals surface area contributed by atoms with Gasteiger partial charge in [-0.2, -0.15) is 0 Å². The van der Waals surface area contributed by atoms with Crippen LogP contribution in [0.1, 0.15) is 10.4 Å². The molecule has 0 radical (unpaired) electrons. The van der Waals surface area contributed by atoms with E-state index in [0.717, 1.165) is 6.07 Å². The zero-order valence-corrected chi connectivity index (χ0v) is 11.0. The predicted molar refractivity (Wildman–Crippen MR) is 74.9 cm³/mol. The molecule has 0 saturated heterocycles. The molecule has 0 atom stereocenters. The Kier molecular flexibility index (Phi) is 5.48. The van der Waals surface area contributed by atoms with Gasteiger partial charge < -0.3 is 21.5 Å². The molecule has 5 N–H and O–H groups in total. The number of carbonyl (C=O) groups excluding carboxylic acids is 1. The molecule has 1 aromatic carbocycles. The Hall–Kier alpha value is -2.61. The number of nitrogens with two attached hydrogens (primary N) is 2. The van der Waals surface area contributed by atoms with Crippen LogP contribution >= 0.6 is 0 Å². The van der Waals surface area contributed by atoms with E-state index in [-0.39, 0.29) is 22.7 Å². The molecule has 0 heterocycles. The minimum atomic E-state index is -0.763. The Morgan fingerprint density at radius 2 is 2.20 bits per heavy atom. The average Bonchev–Trinajstić information content (AvgIpc) is 2.42. The van der Waals surface area contributed by atoms with Crippen LogP contribution in [0.15, 0.2) is 24.3 Å². The highest BCUT2D eigenvalue weighted by Gasteiger charge is 2.21. The van der Waals surface area contributed by atoms with Crippen molar-refractivity contribution in [3.63, 3.8) is 0 Å². The minimum Gasteiger partial charge on any atom is -0.494 e. The lowest BCUT2D eigenvalue weighted by atomic mass is 10.1. The zero-order chi connectivity index (χ0) is 15.1. The maximum absolute atomic E-state index is 11.2. The number of anilines is 1. The fraction of sp³-hybridized carbons (Fsp3) is 0.250. The summed E-state index contributed by atoms with van der Waals surface area (Å²) in [5.41, 5.74) is 10.3. The highest BCUT2D eigenvalue weighted by molar-refractivity contribution is 5.95. The lowest BCUT2D eigenvalue weighted by Gasteiger charge is -2.11. The fourth-order valence-corrected chi connectivity index (χ4v) is 1.57. The first-order valence-corrected chi connectivity index (χ1v) is 5.76. The number of primary amides is 1. The third kappa shape index (κ3) is 3.69. The van der Waals surface area contributed by atoms with Gasteiger partial charge in [-0.15, -0.1) is 0 Å². The average molecular weight is 280 g/mol. The van der Waals surface area contributed by atoms with Gasteiger partial charge in [0.2, 0.25) is 5.91 Å². The van der Waals surface area contributed by atoms with Crippen molar-refractivity contribution in [2.24, 2.45) is 11.5 Å². The predicted octanol–water partition coefficient (Wildman–Crippen LogP) is 0.629. The van der Waals surface area contributed by atoms with Crippen molar-refractivity contribution in [1.82, 2.24) is 0 Å². The number of methoxy groups -OCH3 is 1. The highest BCUT2D eigenvalue weighted by atomic mass is 16.6. The second-order valence-corrected chi connectivity index (χ2v) is 3.78. The number of rotatable bonds is 7. The summed E-state index contributed by atoms with van der Waals surface area (Å²) in [5, 5.41) is 13.9. The molecule has 108 valence electrons. The second kappa shape index (κ2) is 7.10. The van der Waals surface area contributed by atoms with E-state index in [1.165, 1.54) is 13.2 Å². The minimum absolute atomic E-state index is 0.0107. The SMILES string of the molecule is COc1cc(C(N)=O)cc([N+](=O)[O-])c1NC/C=C/CN. The van der Waals surface area contributed by atoms with Gasteiger partial charge in [0.25, 0.3) is 5.69 Å². The van der Waals surface area contributed by atoms with Crippen LogP contribution in [-0.2, 0) is 0 Å². The van der Waals surface area contributed by atoms with E-state index < -0.39 is 10.8 Å². The quantitative estimate of drug-likeness (QED) is 0.381. The molecule has 0 aromatic heterocycles. The van der Waals surface area contributed by atoms with Crippen molar-refractivity contribution in [2.45, 2.75) is 0 Å². The number of nitrogens with zero attached hydrogens (tertiary/aromatic N) is 1. The number of nitrogens with one attached hydrogen (secondary N) is 1. The van der Waals surface area contributed by atoms with Crippen LogP contribution in [-0.4, -0.2) is 31.0 Å². The Morgan fingerprint density at radius 1 is 1.50 bits per heavy atom. The van der Waals surface area contributed by atoms with Gasteiger partial charge in [-0.3, -0.25) is 14.9 Å². The Balaban J connectivity index is 3.21. The molecular formula is C12H16N4O4. The van der Waals surface area contributed by atoms with Crippen LogP contribution in [0, 0.1) is 10.1 Å². The number of hydrogen-bond acceptors (Lipinski definition) is 6. The first kappa shape index (κ1) is 15.4. The van der Waals surface area contributed by atoms with Gasteiger partial charge in [-0.1, -0.05) is 12.2 Å². The van der Waals surface area contributed by atoms with E-state index in [2.05, 4.69) is 5.32 Å². The molecule has 0 aliphatic heterocycles. The summed E-state index contributed by atoms with van der Waals surface area (Å²) in [5.74, 6) is -0.588. The summed E-state index contributed by atoms with van der Waals surface area (Å²) in [4.78, 5) is 21.6. The van der Waals surface area contributed by atoms with Crippen LogP contribution < -0.4 is 21.5 Å². The van der Waals surface area contributed by atoms with Gasteiger partial charge in [0.15, 0.2) is 5.69 Å². The monoisotopic (exact) mass is 280 g/mol. The third-order valence-electron chi connectivity index (χ3n) is 2.48. The number of amides is 1. The van der Waals surface area contributed by atoms with Crippen molar-refractivity contribution in [1.29, 1.82) is 0 Å². The van der Waals surface area contributed by atoms with E-state index in [9.17, 15) is 14.9 Å². The maximum atomic E-state index is 11.2. The summed E-state index contributed by atoms with van der Waals surface area (Å²) in [7, 11) is 1.35. The molecule has 0 saturated carbocycles. The molecule has 0 bridgehead atoms. The fourth-order valence-electron chi connectivity index (χ4n) is 1.57. The van der Waals surface area contributed by atoms with Crippen LogP contribution in [0.3, 0.4) is 0 Å². The van der Waals surface area contributed by atoms with E-state index in [1.54, 1.807) is 12.2 Å². The Bertz CT molecular complexity index is 543. The number of nitro groups is 1. The van der Waals surface area contributed by atoms with E-state index >= 15 is 0 Å². The molecule has 0 fully saturated rings. The topological polar surface area (TPSA) is 134 Å². The molecule has 0 spiro atoms. The van der Waals surface area contributed by atoms with Gasteiger partial charge in [-0.25, -0.2) is 0 Å².